The van der Waals surface area contributed by atoms with Crippen LogP contribution in [-0.2, 0) is 0 Å². The molecule has 24 heavy (non-hydrogen) atoms. The molecule has 0 unspecified atom stereocenters. The number of hydrogen-bond donors (Lipinski definition) is 0. The number of likely N-dealkylation sites (N-methyl/N-ethyl adjacent to an activating group) is 1. The Morgan fingerprint density at radius 2 is 2.12 bits per heavy atom. The van der Waals surface area contributed by atoms with Crippen LogP contribution in [-0.4, -0.2) is 53.6 Å². The Balaban J connectivity index is 1.57. The van der Waals surface area contributed by atoms with Crippen LogP contribution in [0.3, 0.4) is 0 Å². The number of likely N-dealkylation sites (tertiary alicyclic amines) is 2. The van der Waals surface area contributed by atoms with Crippen molar-refractivity contribution in [3.63, 3.8) is 0 Å². The molecule has 5 nitrogen and oxygen atoms in total. The number of halogens is 2. The molecule has 2 saturated heterocycles. The molecule has 2 aliphatic heterocycles. The Morgan fingerprint density at radius 1 is 1.29 bits per heavy atom. The highest BCUT2D eigenvalue weighted by atomic mass is 35.5. The van der Waals surface area contributed by atoms with Gasteiger partial charge in [0.1, 0.15) is 0 Å². The molecule has 2 atom stereocenters. The molecular formula is C17H17Cl2N3O2. The lowest BCUT2D eigenvalue weighted by atomic mass is 10.1. The number of carbonyl (C=O) groups excluding carboxylic acids is 1. The van der Waals surface area contributed by atoms with Gasteiger partial charge in [0.25, 0.3) is 5.91 Å². The van der Waals surface area contributed by atoms with Crippen LogP contribution in [0.25, 0.3) is 11.3 Å². The molecule has 1 aromatic heterocycles. The van der Waals surface area contributed by atoms with Crippen LogP contribution >= 0.6 is 23.2 Å². The van der Waals surface area contributed by atoms with E-state index < -0.39 is 0 Å². The SMILES string of the molecule is CN1C[C@@H]2CCN(C(=O)c3cc(-c4ccc(Cl)cc4Cl)on3)[C@@H]2C1. The van der Waals surface area contributed by atoms with Crippen molar-refractivity contribution in [2.75, 3.05) is 26.7 Å². The summed E-state index contributed by atoms with van der Waals surface area (Å²) in [5, 5.41) is 4.98. The zero-order chi connectivity index (χ0) is 16.8. The Labute approximate surface area is 150 Å². The third kappa shape index (κ3) is 2.70. The predicted molar refractivity (Wildman–Crippen MR) is 92.4 cm³/mol. The number of hydrogen-bond acceptors (Lipinski definition) is 4. The Kier molecular flexibility index (Phi) is 4.03. The molecule has 0 N–H and O–H groups in total. The summed E-state index contributed by atoms with van der Waals surface area (Å²) >= 11 is 12.1. The van der Waals surface area contributed by atoms with Crippen LogP contribution < -0.4 is 0 Å². The normalized spacial score (nSPS) is 23.7. The van der Waals surface area contributed by atoms with Crippen LogP contribution in [0, 0.1) is 5.92 Å². The molecule has 0 aliphatic carbocycles. The Bertz CT molecular complexity index is 792. The highest BCUT2D eigenvalue weighted by Crippen LogP contribution is 2.33. The summed E-state index contributed by atoms with van der Waals surface area (Å²) in [5.74, 6) is 0.966. The van der Waals surface area contributed by atoms with Gasteiger partial charge in [-0.05, 0) is 37.6 Å². The van der Waals surface area contributed by atoms with E-state index in [1.807, 2.05) is 4.90 Å². The third-order valence-electron chi connectivity index (χ3n) is 4.92. The summed E-state index contributed by atoms with van der Waals surface area (Å²) in [6.45, 7) is 2.76. The van der Waals surface area contributed by atoms with Gasteiger partial charge in [0, 0.05) is 42.3 Å². The molecular weight excluding hydrogens is 349 g/mol. The molecule has 2 fully saturated rings. The van der Waals surface area contributed by atoms with E-state index >= 15 is 0 Å². The van der Waals surface area contributed by atoms with Gasteiger partial charge in [-0.2, -0.15) is 0 Å². The fourth-order valence-electron chi connectivity index (χ4n) is 3.76. The number of fused-ring (bicyclic) bond motifs is 1. The van der Waals surface area contributed by atoms with Crippen molar-refractivity contribution in [3.05, 3.63) is 40.0 Å². The quantitative estimate of drug-likeness (QED) is 0.817. The monoisotopic (exact) mass is 365 g/mol. The van der Waals surface area contributed by atoms with Crippen molar-refractivity contribution in [1.82, 2.24) is 15.0 Å². The number of amides is 1. The van der Waals surface area contributed by atoms with E-state index in [-0.39, 0.29) is 11.9 Å². The maximum absolute atomic E-state index is 12.8. The van der Waals surface area contributed by atoms with Crippen molar-refractivity contribution in [2.45, 2.75) is 12.5 Å². The molecule has 1 amide bonds. The van der Waals surface area contributed by atoms with Gasteiger partial charge in [0.15, 0.2) is 11.5 Å². The van der Waals surface area contributed by atoms with Crippen molar-refractivity contribution in [2.24, 2.45) is 5.92 Å². The van der Waals surface area contributed by atoms with Crippen molar-refractivity contribution in [3.8, 4) is 11.3 Å². The summed E-state index contributed by atoms with van der Waals surface area (Å²) in [4.78, 5) is 17.0. The summed E-state index contributed by atoms with van der Waals surface area (Å²) in [6.07, 6.45) is 1.05. The zero-order valence-electron chi connectivity index (χ0n) is 13.2. The molecule has 0 spiro atoms. The Hall–Kier alpha value is -1.56. The summed E-state index contributed by atoms with van der Waals surface area (Å²) in [6, 6.07) is 7.07. The van der Waals surface area contributed by atoms with Gasteiger partial charge in [-0.1, -0.05) is 28.4 Å². The van der Waals surface area contributed by atoms with E-state index in [1.165, 1.54) is 0 Å². The minimum absolute atomic E-state index is 0.0714. The molecule has 7 heteroatoms. The molecule has 2 aromatic rings. The molecule has 1 aromatic carbocycles. The van der Waals surface area contributed by atoms with Crippen LogP contribution in [0.2, 0.25) is 10.0 Å². The molecule has 0 bridgehead atoms. The van der Waals surface area contributed by atoms with Crippen molar-refractivity contribution in [1.29, 1.82) is 0 Å². The summed E-state index contributed by atoms with van der Waals surface area (Å²) < 4.78 is 5.35. The van der Waals surface area contributed by atoms with E-state index in [0.29, 0.717) is 33.0 Å². The first-order chi connectivity index (χ1) is 11.5. The van der Waals surface area contributed by atoms with E-state index in [4.69, 9.17) is 27.7 Å². The van der Waals surface area contributed by atoms with Gasteiger partial charge in [0.05, 0.1) is 5.02 Å². The van der Waals surface area contributed by atoms with Crippen LogP contribution in [0.1, 0.15) is 16.9 Å². The summed E-state index contributed by atoms with van der Waals surface area (Å²) in [7, 11) is 2.09. The minimum Gasteiger partial charge on any atom is -0.355 e. The largest absolute Gasteiger partial charge is 0.355 e. The maximum atomic E-state index is 12.8. The highest BCUT2D eigenvalue weighted by molar-refractivity contribution is 6.36. The number of carbonyl (C=O) groups is 1. The highest BCUT2D eigenvalue weighted by Gasteiger charge is 2.42. The number of nitrogens with zero attached hydrogens (tertiary/aromatic N) is 3. The van der Waals surface area contributed by atoms with Crippen molar-refractivity contribution >= 4 is 29.1 Å². The Morgan fingerprint density at radius 3 is 2.92 bits per heavy atom. The zero-order valence-corrected chi connectivity index (χ0v) is 14.7. The minimum atomic E-state index is -0.0714. The first-order valence-corrected chi connectivity index (χ1v) is 8.70. The first kappa shape index (κ1) is 15.9. The third-order valence-corrected chi connectivity index (χ3v) is 5.46. The van der Waals surface area contributed by atoms with Gasteiger partial charge in [0.2, 0.25) is 0 Å². The van der Waals surface area contributed by atoms with Gasteiger partial charge < -0.3 is 14.3 Å². The second kappa shape index (κ2) is 6.06. The van der Waals surface area contributed by atoms with E-state index in [2.05, 4.69) is 17.1 Å². The molecule has 4 rings (SSSR count). The lowest BCUT2D eigenvalue weighted by molar-refractivity contribution is 0.0719. The lowest BCUT2D eigenvalue weighted by Crippen LogP contribution is -2.39. The maximum Gasteiger partial charge on any atom is 0.276 e. The number of aromatic nitrogens is 1. The van der Waals surface area contributed by atoms with Crippen LogP contribution in [0.15, 0.2) is 28.8 Å². The smallest absolute Gasteiger partial charge is 0.276 e. The molecule has 2 aliphatic rings. The summed E-state index contributed by atoms with van der Waals surface area (Å²) in [5.41, 5.74) is 0.999. The first-order valence-electron chi connectivity index (χ1n) is 7.94. The standard InChI is InChI=1S/C17H17Cl2N3O2/c1-21-8-10-4-5-22(15(10)9-21)17(23)14-7-16(24-20-14)12-3-2-11(18)6-13(12)19/h2-3,6-7,10,15H,4-5,8-9H2,1H3/t10-,15+/m0/s1. The number of rotatable bonds is 2. The second-order valence-corrected chi connectivity index (χ2v) is 7.38. The van der Waals surface area contributed by atoms with Crippen LogP contribution in [0.4, 0.5) is 0 Å². The number of benzene rings is 1. The second-order valence-electron chi connectivity index (χ2n) is 6.54. The van der Waals surface area contributed by atoms with E-state index in [9.17, 15) is 4.79 Å². The van der Waals surface area contributed by atoms with Crippen molar-refractivity contribution < 1.29 is 9.32 Å². The predicted octanol–water partition coefficient (Wildman–Crippen LogP) is 3.42. The van der Waals surface area contributed by atoms with Gasteiger partial charge in [-0.3, -0.25) is 4.79 Å². The van der Waals surface area contributed by atoms with Gasteiger partial charge in [-0.15, -0.1) is 0 Å². The topological polar surface area (TPSA) is 49.6 Å². The fourth-order valence-corrected chi connectivity index (χ4v) is 4.27. The van der Waals surface area contributed by atoms with E-state index in [0.717, 1.165) is 26.1 Å². The van der Waals surface area contributed by atoms with Gasteiger partial charge >= 0.3 is 0 Å². The van der Waals surface area contributed by atoms with E-state index in [1.54, 1.807) is 24.3 Å². The molecule has 126 valence electrons. The average Bonchev–Trinajstić information content (AvgIpc) is 3.21. The van der Waals surface area contributed by atoms with Gasteiger partial charge in [-0.25, -0.2) is 0 Å². The molecule has 3 heterocycles. The molecule has 0 radical (unpaired) electrons. The lowest BCUT2D eigenvalue weighted by Gasteiger charge is -2.23. The molecule has 0 saturated carbocycles. The van der Waals surface area contributed by atoms with Crippen LogP contribution in [0.5, 0.6) is 0 Å². The average molecular weight is 366 g/mol. The fraction of sp³-hybridized carbons (Fsp3) is 0.412.